The molecule has 0 saturated heterocycles. The lowest BCUT2D eigenvalue weighted by molar-refractivity contribution is 0.0927. The Balaban J connectivity index is 1.47. The van der Waals surface area contributed by atoms with E-state index in [0.717, 1.165) is 33.4 Å². The van der Waals surface area contributed by atoms with Gasteiger partial charge in [-0.25, -0.2) is 4.98 Å². The van der Waals surface area contributed by atoms with E-state index in [2.05, 4.69) is 14.9 Å². The second-order valence-electron chi connectivity index (χ2n) is 6.21. The Morgan fingerprint density at radius 1 is 1.16 bits per heavy atom. The zero-order valence-electron chi connectivity index (χ0n) is 14.2. The molecule has 0 bridgehead atoms. The summed E-state index contributed by atoms with van der Waals surface area (Å²) in [6.45, 7) is 5.17. The summed E-state index contributed by atoms with van der Waals surface area (Å²) in [7, 11) is 0. The van der Waals surface area contributed by atoms with Crippen LogP contribution in [0.2, 0.25) is 0 Å². The Labute approximate surface area is 145 Å². The molecule has 25 heavy (non-hydrogen) atoms. The molecule has 2 aromatic heterocycles. The molecule has 0 saturated carbocycles. The minimum atomic E-state index is -0.198. The predicted octanol–water partition coefficient (Wildman–Crippen LogP) is 3.83. The smallest absolute Gasteiger partial charge is 0.287 e. The van der Waals surface area contributed by atoms with Crippen LogP contribution in [0, 0.1) is 13.8 Å². The Morgan fingerprint density at radius 3 is 2.88 bits per heavy atom. The van der Waals surface area contributed by atoms with Gasteiger partial charge in [-0.15, -0.1) is 0 Å². The minimum Gasteiger partial charge on any atom is -0.451 e. The van der Waals surface area contributed by atoms with Gasteiger partial charge in [-0.05, 0) is 44.2 Å². The number of furan rings is 1. The maximum atomic E-state index is 12.3. The van der Waals surface area contributed by atoms with Crippen molar-refractivity contribution in [1.82, 2.24) is 14.9 Å². The Hall–Kier alpha value is -3.08. The van der Waals surface area contributed by atoms with Gasteiger partial charge >= 0.3 is 0 Å². The van der Waals surface area contributed by atoms with E-state index in [1.54, 1.807) is 6.07 Å². The number of nitrogens with zero attached hydrogens (tertiary/aromatic N) is 2. The van der Waals surface area contributed by atoms with Crippen LogP contribution in [0.3, 0.4) is 0 Å². The van der Waals surface area contributed by atoms with Crippen LogP contribution in [-0.4, -0.2) is 22.0 Å². The first kappa shape index (κ1) is 15.4. The molecular formula is C20H19N3O2. The average molecular weight is 333 g/mol. The highest BCUT2D eigenvalue weighted by Crippen LogP contribution is 2.20. The van der Waals surface area contributed by atoms with Crippen LogP contribution in [0.5, 0.6) is 0 Å². The zero-order valence-corrected chi connectivity index (χ0v) is 14.2. The lowest BCUT2D eigenvalue weighted by Crippen LogP contribution is -2.27. The van der Waals surface area contributed by atoms with E-state index < -0.39 is 0 Å². The molecule has 0 aliphatic rings. The van der Waals surface area contributed by atoms with Gasteiger partial charge in [-0.2, -0.15) is 0 Å². The van der Waals surface area contributed by atoms with E-state index in [1.165, 1.54) is 0 Å². The largest absolute Gasteiger partial charge is 0.451 e. The van der Waals surface area contributed by atoms with Gasteiger partial charge in [0.1, 0.15) is 11.4 Å². The second kappa shape index (κ2) is 6.09. The minimum absolute atomic E-state index is 0.198. The molecule has 0 atom stereocenters. The van der Waals surface area contributed by atoms with Gasteiger partial charge in [0.25, 0.3) is 5.91 Å². The van der Waals surface area contributed by atoms with Gasteiger partial charge < -0.3 is 14.3 Å². The predicted molar refractivity (Wildman–Crippen MR) is 97.8 cm³/mol. The summed E-state index contributed by atoms with van der Waals surface area (Å²) in [5.74, 6) is 1.08. The van der Waals surface area contributed by atoms with E-state index in [9.17, 15) is 4.79 Å². The molecule has 0 aliphatic heterocycles. The normalized spacial score (nSPS) is 11.3. The van der Waals surface area contributed by atoms with Crippen LogP contribution in [0.4, 0.5) is 0 Å². The van der Waals surface area contributed by atoms with Crippen molar-refractivity contribution in [2.45, 2.75) is 20.4 Å². The van der Waals surface area contributed by atoms with Gasteiger partial charge in [0, 0.05) is 18.5 Å². The fourth-order valence-electron chi connectivity index (χ4n) is 3.12. The average Bonchev–Trinajstić information content (AvgIpc) is 3.15. The SMILES string of the molecule is Cc1ccc2oc(C(=O)NCCn3c(C)nc4ccccc43)cc2c1. The van der Waals surface area contributed by atoms with E-state index in [-0.39, 0.29) is 5.91 Å². The molecule has 4 rings (SSSR count). The number of rotatable bonds is 4. The van der Waals surface area contributed by atoms with Crippen LogP contribution in [0.1, 0.15) is 21.9 Å². The molecule has 2 aromatic carbocycles. The van der Waals surface area contributed by atoms with Crippen molar-refractivity contribution in [1.29, 1.82) is 0 Å². The van der Waals surface area contributed by atoms with Crippen molar-refractivity contribution in [2.75, 3.05) is 6.54 Å². The summed E-state index contributed by atoms with van der Waals surface area (Å²) >= 11 is 0. The fraction of sp³-hybridized carbons (Fsp3) is 0.200. The third-order valence-corrected chi connectivity index (χ3v) is 4.36. The highest BCUT2D eigenvalue weighted by atomic mass is 16.3. The van der Waals surface area contributed by atoms with Crippen molar-refractivity contribution < 1.29 is 9.21 Å². The van der Waals surface area contributed by atoms with Gasteiger partial charge in [-0.3, -0.25) is 4.79 Å². The van der Waals surface area contributed by atoms with Crippen molar-refractivity contribution in [2.24, 2.45) is 0 Å². The summed E-state index contributed by atoms with van der Waals surface area (Å²) in [4.78, 5) is 16.9. The molecule has 0 unspecified atom stereocenters. The van der Waals surface area contributed by atoms with Gasteiger partial charge in [-0.1, -0.05) is 23.8 Å². The number of fused-ring (bicyclic) bond motifs is 2. The zero-order chi connectivity index (χ0) is 17.4. The molecular weight excluding hydrogens is 314 g/mol. The molecule has 2 heterocycles. The van der Waals surface area contributed by atoms with Crippen molar-refractivity contribution in [3.8, 4) is 0 Å². The van der Waals surface area contributed by atoms with Gasteiger partial charge in [0.05, 0.1) is 11.0 Å². The molecule has 0 fully saturated rings. The number of hydrogen-bond acceptors (Lipinski definition) is 3. The number of para-hydroxylation sites is 2. The summed E-state index contributed by atoms with van der Waals surface area (Å²) in [6, 6.07) is 15.7. The molecule has 4 aromatic rings. The van der Waals surface area contributed by atoms with Crippen LogP contribution in [0.25, 0.3) is 22.0 Å². The highest BCUT2D eigenvalue weighted by Gasteiger charge is 2.12. The number of hydrogen-bond donors (Lipinski definition) is 1. The molecule has 126 valence electrons. The number of aromatic nitrogens is 2. The molecule has 0 spiro atoms. The molecule has 5 heteroatoms. The standard InChI is InChI=1S/C20H19N3O2/c1-13-7-8-18-15(11-13)12-19(25-18)20(24)21-9-10-23-14(2)22-16-5-3-4-6-17(16)23/h3-8,11-12H,9-10H2,1-2H3,(H,21,24). The fourth-order valence-corrected chi connectivity index (χ4v) is 3.12. The Morgan fingerprint density at radius 2 is 2.00 bits per heavy atom. The number of carbonyl (C=O) groups is 1. The van der Waals surface area contributed by atoms with Crippen LogP contribution >= 0.6 is 0 Å². The first-order valence-corrected chi connectivity index (χ1v) is 8.32. The lowest BCUT2D eigenvalue weighted by atomic mass is 10.2. The van der Waals surface area contributed by atoms with Crippen molar-refractivity contribution in [3.05, 3.63) is 65.7 Å². The first-order chi connectivity index (χ1) is 12.1. The molecule has 1 N–H and O–H groups in total. The summed E-state index contributed by atoms with van der Waals surface area (Å²) in [5, 5.41) is 3.87. The van der Waals surface area contributed by atoms with Crippen molar-refractivity contribution >= 4 is 27.9 Å². The quantitative estimate of drug-likeness (QED) is 0.617. The topological polar surface area (TPSA) is 60.1 Å². The second-order valence-corrected chi connectivity index (χ2v) is 6.21. The van der Waals surface area contributed by atoms with E-state index in [1.807, 2.05) is 56.3 Å². The molecule has 0 aliphatic carbocycles. The molecule has 0 radical (unpaired) electrons. The van der Waals surface area contributed by atoms with Gasteiger partial charge in [0.2, 0.25) is 0 Å². The number of carbonyl (C=O) groups excluding carboxylic acids is 1. The van der Waals surface area contributed by atoms with Gasteiger partial charge in [0.15, 0.2) is 5.76 Å². The monoisotopic (exact) mass is 333 g/mol. The number of benzene rings is 2. The summed E-state index contributed by atoms with van der Waals surface area (Å²) in [5.41, 5.74) is 3.92. The van der Waals surface area contributed by atoms with Crippen LogP contribution in [0.15, 0.2) is 52.9 Å². The summed E-state index contributed by atoms with van der Waals surface area (Å²) in [6.07, 6.45) is 0. The van der Waals surface area contributed by atoms with E-state index in [0.29, 0.717) is 18.8 Å². The van der Waals surface area contributed by atoms with Crippen LogP contribution < -0.4 is 5.32 Å². The number of aryl methyl sites for hydroxylation is 2. The maximum Gasteiger partial charge on any atom is 0.287 e. The Kier molecular flexibility index (Phi) is 3.76. The third-order valence-electron chi connectivity index (χ3n) is 4.36. The first-order valence-electron chi connectivity index (χ1n) is 8.32. The lowest BCUT2D eigenvalue weighted by Gasteiger charge is -2.07. The maximum absolute atomic E-state index is 12.3. The number of imidazole rings is 1. The van der Waals surface area contributed by atoms with Crippen molar-refractivity contribution in [3.63, 3.8) is 0 Å². The molecule has 1 amide bonds. The highest BCUT2D eigenvalue weighted by molar-refractivity contribution is 5.96. The third kappa shape index (κ3) is 2.89. The van der Waals surface area contributed by atoms with Crippen LogP contribution in [-0.2, 0) is 6.54 Å². The van der Waals surface area contributed by atoms with E-state index >= 15 is 0 Å². The number of nitrogens with one attached hydrogen (secondary N) is 1. The Bertz CT molecular complexity index is 1080. The summed E-state index contributed by atoms with van der Waals surface area (Å²) < 4.78 is 7.74. The van der Waals surface area contributed by atoms with E-state index in [4.69, 9.17) is 4.42 Å². The molecule has 5 nitrogen and oxygen atoms in total. The number of amides is 1.